The third-order valence-electron chi connectivity index (χ3n) is 3.97. The first-order chi connectivity index (χ1) is 13.5. The lowest BCUT2D eigenvalue weighted by atomic mass is 10.1. The number of nitrogens with zero attached hydrogens (tertiary/aromatic N) is 1. The number of para-hydroxylation sites is 1. The zero-order valence-corrected chi connectivity index (χ0v) is 16.2. The van der Waals surface area contributed by atoms with Gasteiger partial charge < -0.3 is 14.8 Å². The van der Waals surface area contributed by atoms with E-state index in [1.165, 1.54) is 18.2 Å². The molecule has 0 aliphatic carbocycles. The van der Waals surface area contributed by atoms with Crippen molar-refractivity contribution >= 4 is 17.7 Å². The van der Waals surface area contributed by atoms with Crippen LogP contribution < -0.4 is 14.8 Å². The van der Waals surface area contributed by atoms with Crippen LogP contribution in [0.2, 0.25) is 0 Å². The fourth-order valence-electron chi connectivity index (χ4n) is 2.64. The van der Waals surface area contributed by atoms with E-state index in [0.717, 1.165) is 5.56 Å². The normalized spacial score (nSPS) is 11.8. The summed E-state index contributed by atoms with van der Waals surface area (Å²) in [6.45, 7) is 6.67. The summed E-state index contributed by atoms with van der Waals surface area (Å²) in [6.07, 6.45) is 2.72. The third-order valence-corrected chi connectivity index (χ3v) is 3.97. The first-order valence-electron chi connectivity index (χ1n) is 9.07. The van der Waals surface area contributed by atoms with Gasteiger partial charge in [-0.25, -0.2) is 0 Å². The highest BCUT2D eigenvalue weighted by molar-refractivity contribution is 5.92. The molecule has 2 aromatic carbocycles. The molecule has 7 nitrogen and oxygen atoms in total. The van der Waals surface area contributed by atoms with Gasteiger partial charge >= 0.3 is 0 Å². The quantitative estimate of drug-likeness (QED) is 0.396. The van der Waals surface area contributed by atoms with Crippen molar-refractivity contribution in [1.29, 1.82) is 0 Å². The number of nitro groups is 1. The minimum absolute atomic E-state index is 0.0486. The molecule has 2 rings (SSSR count). The summed E-state index contributed by atoms with van der Waals surface area (Å²) in [5.74, 6) is 0.929. The van der Waals surface area contributed by atoms with Gasteiger partial charge in [-0.15, -0.1) is 0 Å². The maximum atomic E-state index is 12.2. The van der Waals surface area contributed by atoms with E-state index in [-0.39, 0.29) is 17.6 Å². The first kappa shape index (κ1) is 21.0. The van der Waals surface area contributed by atoms with Crippen molar-refractivity contribution in [2.24, 2.45) is 0 Å². The van der Waals surface area contributed by atoms with Crippen LogP contribution in [0.4, 0.5) is 5.69 Å². The van der Waals surface area contributed by atoms with Crippen LogP contribution in [0.3, 0.4) is 0 Å². The third kappa shape index (κ3) is 5.57. The van der Waals surface area contributed by atoms with Crippen LogP contribution in [0.5, 0.6) is 11.5 Å². The second-order valence-corrected chi connectivity index (χ2v) is 5.95. The van der Waals surface area contributed by atoms with E-state index in [0.29, 0.717) is 30.3 Å². The Morgan fingerprint density at radius 2 is 1.82 bits per heavy atom. The Labute approximate surface area is 164 Å². The Hall–Kier alpha value is -3.35. The maximum absolute atomic E-state index is 12.2. The highest BCUT2D eigenvalue weighted by Gasteiger charge is 2.13. The summed E-state index contributed by atoms with van der Waals surface area (Å²) in [6, 6.07) is 11.5. The Morgan fingerprint density at radius 1 is 1.14 bits per heavy atom. The molecule has 1 amide bonds. The molecule has 0 aromatic heterocycles. The molecular formula is C21H24N2O5. The van der Waals surface area contributed by atoms with E-state index >= 15 is 0 Å². The summed E-state index contributed by atoms with van der Waals surface area (Å²) in [4.78, 5) is 22.8. The number of carbonyl (C=O) groups is 1. The molecule has 7 heteroatoms. The Bertz CT molecular complexity index is 864. The highest BCUT2D eigenvalue weighted by atomic mass is 16.6. The second kappa shape index (κ2) is 10.1. The molecule has 1 N–H and O–H groups in total. The van der Waals surface area contributed by atoms with E-state index < -0.39 is 4.92 Å². The lowest BCUT2D eigenvalue weighted by Crippen LogP contribution is -2.24. The first-order valence-corrected chi connectivity index (χ1v) is 9.07. The second-order valence-electron chi connectivity index (χ2n) is 5.95. The predicted octanol–water partition coefficient (Wildman–Crippen LogP) is 4.28. The number of carbonyl (C=O) groups excluding carboxylic acids is 1. The van der Waals surface area contributed by atoms with Gasteiger partial charge in [-0.05, 0) is 50.6 Å². The zero-order chi connectivity index (χ0) is 20.5. The van der Waals surface area contributed by atoms with Gasteiger partial charge in [-0.2, -0.15) is 0 Å². The molecule has 1 atom stereocenters. The topological polar surface area (TPSA) is 90.7 Å². The van der Waals surface area contributed by atoms with Crippen molar-refractivity contribution in [3.05, 3.63) is 69.8 Å². The van der Waals surface area contributed by atoms with Crippen LogP contribution in [-0.2, 0) is 4.79 Å². The fraction of sp³-hybridized carbons (Fsp3) is 0.286. The number of rotatable bonds is 9. The van der Waals surface area contributed by atoms with Crippen LogP contribution >= 0.6 is 0 Å². The van der Waals surface area contributed by atoms with E-state index in [1.807, 2.05) is 39.0 Å². The van der Waals surface area contributed by atoms with E-state index in [9.17, 15) is 14.9 Å². The molecular weight excluding hydrogens is 360 g/mol. The minimum Gasteiger partial charge on any atom is -0.490 e. The number of hydrogen-bond acceptors (Lipinski definition) is 5. The van der Waals surface area contributed by atoms with Crippen LogP contribution in [0.25, 0.3) is 6.08 Å². The maximum Gasteiger partial charge on any atom is 0.276 e. The van der Waals surface area contributed by atoms with Crippen LogP contribution in [0.1, 0.15) is 37.9 Å². The molecule has 28 heavy (non-hydrogen) atoms. The van der Waals surface area contributed by atoms with Gasteiger partial charge in [0.25, 0.3) is 5.69 Å². The summed E-state index contributed by atoms with van der Waals surface area (Å²) in [5, 5.41) is 13.9. The minimum atomic E-state index is -0.477. The fourth-order valence-corrected chi connectivity index (χ4v) is 2.64. The largest absolute Gasteiger partial charge is 0.490 e. The summed E-state index contributed by atoms with van der Waals surface area (Å²) < 4.78 is 11.2. The molecule has 0 heterocycles. The highest BCUT2D eigenvalue weighted by Crippen LogP contribution is 2.30. The number of amides is 1. The molecule has 0 saturated carbocycles. The molecule has 0 saturated heterocycles. The summed E-state index contributed by atoms with van der Waals surface area (Å²) in [7, 11) is 0. The number of hydrogen-bond donors (Lipinski definition) is 1. The van der Waals surface area contributed by atoms with Crippen molar-refractivity contribution in [3.63, 3.8) is 0 Å². The number of ether oxygens (including phenoxy) is 2. The van der Waals surface area contributed by atoms with Crippen LogP contribution in [-0.4, -0.2) is 24.0 Å². The number of nitro benzene ring substituents is 1. The van der Waals surface area contributed by atoms with Crippen molar-refractivity contribution in [2.75, 3.05) is 13.2 Å². The summed E-state index contributed by atoms with van der Waals surface area (Å²) in [5.41, 5.74) is 1.18. The van der Waals surface area contributed by atoms with Gasteiger partial charge in [0.2, 0.25) is 5.91 Å². The number of benzene rings is 2. The van der Waals surface area contributed by atoms with Gasteiger partial charge in [0, 0.05) is 12.1 Å². The molecule has 0 aliphatic rings. The Morgan fingerprint density at radius 3 is 2.50 bits per heavy atom. The average Bonchev–Trinajstić information content (AvgIpc) is 2.68. The smallest absolute Gasteiger partial charge is 0.276 e. The molecule has 1 unspecified atom stereocenters. The average molecular weight is 384 g/mol. The van der Waals surface area contributed by atoms with Gasteiger partial charge in [-0.1, -0.05) is 18.2 Å². The Balaban J connectivity index is 2.10. The van der Waals surface area contributed by atoms with E-state index in [1.54, 1.807) is 18.2 Å². The number of nitrogens with one attached hydrogen (secondary N) is 1. The van der Waals surface area contributed by atoms with Crippen molar-refractivity contribution < 1.29 is 19.2 Å². The van der Waals surface area contributed by atoms with Gasteiger partial charge in [0.05, 0.1) is 29.7 Å². The van der Waals surface area contributed by atoms with Crippen LogP contribution in [0.15, 0.2) is 48.5 Å². The molecule has 148 valence electrons. The van der Waals surface area contributed by atoms with Crippen molar-refractivity contribution in [3.8, 4) is 11.5 Å². The van der Waals surface area contributed by atoms with Crippen molar-refractivity contribution in [2.45, 2.75) is 26.8 Å². The zero-order valence-electron chi connectivity index (χ0n) is 16.2. The standard InChI is InChI=1S/C21H24N2O5/c1-4-27-19-12-10-17(14-20(19)28-5-2)15(3)22-21(24)13-11-16-8-6-7-9-18(16)23(25)26/h6-15H,4-5H2,1-3H3,(H,22,24)/b13-11+. The van der Waals surface area contributed by atoms with E-state index in [4.69, 9.17) is 9.47 Å². The Kier molecular flexibility index (Phi) is 7.56. The lowest BCUT2D eigenvalue weighted by Gasteiger charge is -2.17. The lowest BCUT2D eigenvalue weighted by molar-refractivity contribution is -0.385. The van der Waals surface area contributed by atoms with Gasteiger partial charge in [0.1, 0.15) is 0 Å². The monoisotopic (exact) mass is 384 g/mol. The predicted molar refractivity (Wildman–Crippen MR) is 107 cm³/mol. The molecule has 0 spiro atoms. The molecule has 0 fully saturated rings. The molecule has 0 radical (unpaired) electrons. The molecule has 0 aliphatic heterocycles. The van der Waals surface area contributed by atoms with Crippen molar-refractivity contribution in [1.82, 2.24) is 5.32 Å². The molecule has 2 aromatic rings. The SMILES string of the molecule is CCOc1ccc(C(C)NC(=O)/C=C/c2ccccc2[N+](=O)[O-])cc1OCC. The van der Waals surface area contributed by atoms with Crippen LogP contribution in [0, 0.1) is 10.1 Å². The summed E-state index contributed by atoms with van der Waals surface area (Å²) >= 11 is 0. The van der Waals surface area contributed by atoms with Gasteiger partial charge in [-0.3, -0.25) is 14.9 Å². The molecule has 0 bridgehead atoms. The van der Waals surface area contributed by atoms with Gasteiger partial charge in [0.15, 0.2) is 11.5 Å². The van der Waals surface area contributed by atoms with E-state index in [2.05, 4.69) is 5.32 Å².